The Hall–Kier alpha value is -1.99. The van der Waals surface area contributed by atoms with Gasteiger partial charge in [0.25, 0.3) is 0 Å². The van der Waals surface area contributed by atoms with Gasteiger partial charge in [0.1, 0.15) is 6.17 Å². The van der Waals surface area contributed by atoms with Gasteiger partial charge in [0.2, 0.25) is 17.6 Å². The van der Waals surface area contributed by atoms with E-state index < -0.39 is 12.2 Å². The van der Waals surface area contributed by atoms with E-state index in [4.69, 9.17) is 4.52 Å². The smallest absolute Gasteiger partial charge is 0.246 e. The Balaban J connectivity index is 0.00000363. The molecule has 2 aromatic rings. The fourth-order valence-corrected chi connectivity index (χ4v) is 3.91. The van der Waals surface area contributed by atoms with Crippen LogP contribution < -0.4 is 10.6 Å². The summed E-state index contributed by atoms with van der Waals surface area (Å²) >= 11 is 0. The number of hydrogen-bond acceptors (Lipinski definition) is 5. The molecule has 1 aromatic carbocycles. The predicted molar refractivity (Wildman–Crippen MR) is 126 cm³/mol. The van der Waals surface area contributed by atoms with Crippen molar-refractivity contribution in [1.82, 2.24) is 20.8 Å². The summed E-state index contributed by atoms with van der Waals surface area (Å²) in [6.45, 7) is 2.61. The summed E-state index contributed by atoms with van der Waals surface area (Å²) in [7, 11) is 0. The minimum Gasteiger partial charge on any atom is -0.346 e. The largest absolute Gasteiger partial charge is 0.346 e. The van der Waals surface area contributed by atoms with Crippen LogP contribution in [-0.4, -0.2) is 34.8 Å². The second-order valence-electron chi connectivity index (χ2n) is 8.45. The summed E-state index contributed by atoms with van der Waals surface area (Å²) in [4.78, 5) is 16.4. The minimum absolute atomic E-state index is 0. The Bertz CT molecular complexity index is 800. The number of nitrogens with one attached hydrogen (secondary N) is 2. The number of hydrogen-bond donors (Lipinski definition) is 2. The van der Waals surface area contributed by atoms with E-state index in [9.17, 15) is 9.18 Å². The summed E-state index contributed by atoms with van der Waals surface area (Å²) < 4.78 is 18.4. The van der Waals surface area contributed by atoms with Crippen LogP contribution in [0.15, 0.2) is 28.8 Å². The molecule has 2 N–H and O–H groups in total. The molecule has 6 nitrogen and oxygen atoms in total. The van der Waals surface area contributed by atoms with Gasteiger partial charge in [0, 0.05) is 18.5 Å². The number of carbonyl (C=O) groups is 1. The molecule has 2 heterocycles. The maximum absolute atomic E-state index is 13.2. The summed E-state index contributed by atoms with van der Waals surface area (Å²) in [6.07, 6.45) is 10.9. The zero-order chi connectivity index (χ0) is 21.9. The monoisotopic (exact) mass is 466 g/mol. The van der Waals surface area contributed by atoms with Gasteiger partial charge in [0.15, 0.2) is 0 Å². The lowest BCUT2D eigenvalue weighted by atomic mass is 10.0. The Labute approximate surface area is 196 Å². The van der Waals surface area contributed by atoms with Crippen LogP contribution in [0.3, 0.4) is 0 Å². The topological polar surface area (TPSA) is 80.0 Å². The van der Waals surface area contributed by atoms with Crippen LogP contribution in [0.5, 0.6) is 0 Å². The number of nitrogens with zero attached hydrogens (tertiary/aromatic N) is 2. The Morgan fingerprint density at radius 3 is 2.47 bits per heavy atom. The standard InChI is InChI=1S/C24H35FN4O2.ClH/c1-2-3-4-5-6-7-8-9-10-18-11-13-19(14-12-18)23-28-22(31-29-23)17-27-24(30)21-15-20(25)16-26-21;/h11-14,20-21,26H,2-10,15-17H2,1H3,(H,27,30);1H. The van der Waals surface area contributed by atoms with E-state index in [0.29, 0.717) is 11.7 Å². The summed E-state index contributed by atoms with van der Waals surface area (Å²) in [6, 6.07) is 7.76. The third-order valence-electron chi connectivity index (χ3n) is 5.81. The van der Waals surface area contributed by atoms with Gasteiger partial charge in [-0.05, 0) is 18.4 Å². The number of amides is 1. The zero-order valence-electron chi connectivity index (χ0n) is 18.9. The molecule has 178 valence electrons. The molecule has 1 saturated heterocycles. The molecule has 1 aliphatic rings. The highest BCUT2D eigenvalue weighted by molar-refractivity contribution is 5.85. The molecule has 1 aromatic heterocycles. The van der Waals surface area contributed by atoms with Gasteiger partial charge in [-0.25, -0.2) is 4.39 Å². The van der Waals surface area contributed by atoms with Crippen LogP contribution in [-0.2, 0) is 17.8 Å². The Morgan fingerprint density at radius 2 is 1.81 bits per heavy atom. The summed E-state index contributed by atoms with van der Waals surface area (Å²) in [5, 5.41) is 9.58. The quantitative estimate of drug-likeness (QED) is 0.398. The maximum Gasteiger partial charge on any atom is 0.246 e. The highest BCUT2D eigenvalue weighted by atomic mass is 35.5. The van der Waals surface area contributed by atoms with Crippen molar-refractivity contribution < 1.29 is 13.7 Å². The third-order valence-corrected chi connectivity index (χ3v) is 5.81. The summed E-state index contributed by atoms with van der Waals surface area (Å²) in [5.41, 5.74) is 2.21. The van der Waals surface area contributed by atoms with Crippen LogP contribution in [0.1, 0.15) is 76.2 Å². The van der Waals surface area contributed by atoms with Crippen LogP contribution in [0, 0.1) is 0 Å². The van der Waals surface area contributed by atoms with Crippen molar-refractivity contribution in [3.8, 4) is 11.4 Å². The molecule has 0 aliphatic carbocycles. The second kappa shape index (κ2) is 14.2. The molecule has 1 aliphatic heterocycles. The lowest BCUT2D eigenvalue weighted by Gasteiger charge is -2.08. The highest BCUT2D eigenvalue weighted by Crippen LogP contribution is 2.18. The van der Waals surface area contributed by atoms with Crippen LogP contribution in [0.4, 0.5) is 4.39 Å². The van der Waals surface area contributed by atoms with Crippen molar-refractivity contribution in [2.24, 2.45) is 0 Å². The number of aryl methyl sites for hydroxylation is 1. The number of rotatable bonds is 13. The average Bonchev–Trinajstić information content (AvgIpc) is 3.44. The van der Waals surface area contributed by atoms with Crippen LogP contribution >= 0.6 is 12.4 Å². The fourth-order valence-electron chi connectivity index (χ4n) is 3.91. The predicted octanol–water partition coefficient (Wildman–Crippen LogP) is 5.16. The van der Waals surface area contributed by atoms with Crippen molar-refractivity contribution in [3.05, 3.63) is 35.7 Å². The molecule has 3 rings (SSSR count). The number of halogens is 2. The van der Waals surface area contributed by atoms with Crippen LogP contribution in [0.2, 0.25) is 0 Å². The second-order valence-corrected chi connectivity index (χ2v) is 8.45. The maximum atomic E-state index is 13.2. The van der Waals surface area contributed by atoms with Gasteiger partial charge >= 0.3 is 0 Å². The number of aromatic nitrogens is 2. The van der Waals surface area contributed by atoms with Gasteiger partial charge in [-0.15, -0.1) is 12.4 Å². The molecule has 0 radical (unpaired) electrons. The Morgan fingerprint density at radius 1 is 1.12 bits per heavy atom. The first kappa shape index (κ1) is 26.3. The van der Waals surface area contributed by atoms with Crippen molar-refractivity contribution in [3.63, 3.8) is 0 Å². The average molecular weight is 467 g/mol. The zero-order valence-corrected chi connectivity index (χ0v) is 19.8. The van der Waals surface area contributed by atoms with Gasteiger partial charge in [0.05, 0.1) is 12.6 Å². The molecular formula is C24H36ClFN4O2. The first-order valence-electron chi connectivity index (χ1n) is 11.7. The fraction of sp³-hybridized carbons (Fsp3) is 0.625. The third kappa shape index (κ3) is 8.51. The molecule has 2 unspecified atom stereocenters. The van der Waals surface area contributed by atoms with Crippen molar-refractivity contribution >= 4 is 18.3 Å². The van der Waals surface area contributed by atoms with E-state index in [2.05, 4.69) is 39.8 Å². The van der Waals surface area contributed by atoms with Gasteiger partial charge in [-0.1, -0.05) is 81.3 Å². The van der Waals surface area contributed by atoms with Crippen LogP contribution in [0.25, 0.3) is 11.4 Å². The molecule has 0 spiro atoms. The van der Waals surface area contributed by atoms with Crippen molar-refractivity contribution in [2.75, 3.05) is 6.54 Å². The first-order valence-corrected chi connectivity index (χ1v) is 11.7. The first-order chi connectivity index (χ1) is 15.2. The number of benzene rings is 1. The SMILES string of the molecule is CCCCCCCCCCc1ccc(-c2noc(CNC(=O)C3CC(F)CN3)n2)cc1.Cl. The van der Waals surface area contributed by atoms with Gasteiger partial charge in [-0.3, -0.25) is 4.79 Å². The van der Waals surface area contributed by atoms with E-state index >= 15 is 0 Å². The number of carbonyl (C=O) groups excluding carboxylic acids is 1. The minimum atomic E-state index is -0.968. The van der Waals surface area contributed by atoms with Gasteiger partial charge in [-0.2, -0.15) is 4.98 Å². The molecule has 32 heavy (non-hydrogen) atoms. The molecule has 8 heteroatoms. The van der Waals surface area contributed by atoms with E-state index in [1.165, 1.54) is 56.9 Å². The lowest BCUT2D eigenvalue weighted by molar-refractivity contribution is -0.123. The summed E-state index contributed by atoms with van der Waals surface area (Å²) in [5.74, 6) is 0.595. The van der Waals surface area contributed by atoms with E-state index in [-0.39, 0.29) is 37.8 Å². The molecule has 2 atom stereocenters. The van der Waals surface area contributed by atoms with E-state index in [1.54, 1.807) is 0 Å². The lowest BCUT2D eigenvalue weighted by Crippen LogP contribution is -2.40. The van der Waals surface area contributed by atoms with E-state index in [0.717, 1.165) is 12.0 Å². The molecule has 1 fully saturated rings. The molecule has 0 bridgehead atoms. The highest BCUT2D eigenvalue weighted by Gasteiger charge is 2.29. The van der Waals surface area contributed by atoms with Crippen molar-refractivity contribution in [1.29, 1.82) is 0 Å². The Kier molecular flexibility index (Phi) is 11.7. The van der Waals surface area contributed by atoms with Gasteiger partial charge < -0.3 is 15.2 Å². The van der Waals surface area contributed by atoms with Crippen molar-refractivity contribution in [2.45, 2.75) is 89.9 Å². The molecule has 1 amide bonds. The number of unbranched alkanes of at least 4 members (excludes halogenated alkanes) is 7. The molecule has 0 saturated carbocycles. The molecular weight excluding hydrogens is 431 g/mol. The number of alkyl halides is 1. The normalized spacial score (nSPS) is 17.8. The van der Waals surface area contributed by atoms with E-state index in [1.807, 2.05) is 12.1 Å².